The molecule has 116 valence electrons. The van der Waals surface area contributed by atoms with Gasteiger partial charge in [0.05, 0.1) is 10.2 Å². The lowest BCUT2D eigenvalue weighted by atomic mass is 10.1. The first-order valence-corrected chi connectivity index (χ1v) is 8.81. The van der Waals surface area contributed by atoms with E-state index in [1.165, 1.54) is 17.8 Å². The molecular formula is C15H10F2N4S2. The van der Waals surface area contributed by atoms with Crippen LogP contribution in [0.4, 0.5) is 8.78 Å². The summed E-state index contributed by atoms with van der Waals surface area (Å²) in [5, 5.41) is 0. The second-order valence-corrected chi connectivity index (χ2v) is 6.98. The average Bonchev–Trinajstić information content (AvgIpc) is 3.16. The van der Waals surface area contributed by atoms with Gasteiger partial charge in [-0.2, -0.15) is 0 Å². The number of aromatic amines is 1. The third kappa shape index (κ3) is 2.47. The van der Waals surface area contributed by atoms with E-state index in [0.717, 1.165) is 16.9 Å². The highest BCUT2D eigenvalue weighted by Gasteiger charge is 2.18. The molecule has 0 saturated heterocycles. The molecule has 0 atom stereocenters. The van der Waals surface area contributed by atoms with Gasteiger partial charge in [-0.05, 0) is 30.0 Å². The van der Waals surface area contributed by atoms with Crippen LogP contribution in [0, 0.1) is 11.6 Å². The molecule has 3 aromatic heterocycles. The molecule has 0 fully saturated rings. The van der Waals surface area contributed by atoms with Crippen LogP contribution < -0.4 is 0 Å². The van der Waals surface area contributed by atoms with Crippen LogP contribution in [0.2, 0.25) is 0 Å². The minimum atomic E-state index is -0.512. The molecule has 1 aromatic carbocycles. The number of hydrogen-bond donors (Lipinski definition) is 1. The van der Waals surface area contributed by atoms with Crippen LogP contribution in [0.25, 0.3) is 21.4 Å². The minimum absolute atomic E-state index is 0.0897. The monoisotopic (exact) mass is 348 g/mol. The quantitative estimate of drug-likeness (QED) is 0.565. The van der Waals surface area contributed by atoms with E-state index in [1.54, 1.807) is 12.3 Å². The van der Waals surface area contributed by atoms with E-state index < -0.39 is 11.6 Å². The summed E-state index contributed by atoms with van der Waals surface area (Å²) < 4.78 is 29.8. The summed E-state index contributed by atoms with van der Waals surface area (Å²) in [4.78, 5) is 15.6. The van der Waals surface area contributed by atoms with E-state index in [2.05, 4.69) is 19.9 Å². The van der Waals surface area contributed by atoms with Gasteiger partial charge < -0.3 is 4.98 Å². The van der Waals surface area contributed by atoms with Gasteiger partial charge in [-0.15, -0.1) is 11.3 Å². The van der Waals surface area contributed by atoms with Gasteiger partial charge >= 0.3 is 0 Å². The summed E-state index contributed by atoms with van der Waals surface area (Å²) in [6.07, 6.45) is 3.64. The van der Waals surface area contributed by atoms with E-state index in [9.17, 15) is 8.78 Å². The van der Waals surface area contributed by atoms with Gasteiger partial charge in [-0.3, -0.25) is 0 Å². The van der Waals surface area contributed by atoms with Crippen molar-refractivity contribution in [2.24, 2.45) is 0 Å². The van der Waals surface area contributed by atoms with Crippen molar-refractivity contribution in [1.82, 2.24) is 19.9 Å². The molecule has 0 aliphatic heterocycles. The molecule has 0 radical (unpaired) electrons. The standard InChI is InChI=1S/C15H10F2N4S2/c1-22-15-21-12-8(16)5-7(11(17)13(12)23-15)6-10-19-9-3-2-4-18-14(9)20-10/h2-5H,6H2,1H3,(H,18,19,20). The molecule has 3 heterocycles. The summed E-state index contributed by atoms with van der Waals surface area (Å²) in [7, 11) is 0. The maximum atomic E-state index is 14.7. The molecule has 8 heteroatoms. The highest BCUT2D eigenvalue weighted by Crippen LogP contribution is 2.33. The summed E-state index contributed by atoms with van der Waals surface area (Å²) in [6.45, 7) is 0. The predicted octanol–water partition coefficient (Wildman–Crippen LogP) is 4.16. The van der Waals surface area contributed by atoms with Gasteiger partial charge in [0.1, 0.15) is 17.2 Å². The molecule has 1 N–H and O–H groups in total. The fourth-order valence-electron chi connectivity index (χ4n) is 2.42. The molecule has 4 rings (SSSR count). The minimum Gasteiger partial charge on any atom is -0.340 e. The van der Waals surface area contributed by atoms with E-state index in [-0.39, 0.29) is 22.2 Å². The van der Waals surface area contributed by atoms with Crippen molar-refractivity contribution >= 4 is 44.5 Å². The molecule has 0 amide bonds. The number of H-pyrrole nitrogens is 1. The largest absolute Gasteiger partial charge is 0.340 e. The van der Waals surface area contributed by atoms with Crippen molar-refractivity contribution < 1.29 is 8.78 Å². The number of hydrogen-bond acceptors (Lipinski definition) is 5. The van der Waals surface area contributed by atoms with Crippen molar-refractivity contribution in [2.75, 3.05) is 6.26 Å². The lowest BCUT2D eigenvalue weighted by Crippen LogP contribution is -1.97. The van der Waals surface area contributed by atoms with Gasteiger partial charge in [0.15, 0.2) is 15.8 Å². The van der Waals surface area contributed by atoms with Crippen LogP contribution in [0.1, 0.15) is 11.4 Å². The van der Waals surface area contributed by atoms with Crippen LogP contribution in [-0.2, 0) is 6.42 Å². The maximum Gasteiger partial charge on any atom is 0.177 e. The molecule has 4 nitrogen and oxygen atoms in total. The number of imidazole rings is 1. The third-order valence-electron chi connectivity index (χ3n) is 3.46. The van der Waals surface area contributed by atoms with Crippen molar-refractivity contribution in [2.45, 2.75) is 10.8 Å². The topological polar surface area (TPSA) is 54.5 Å². The van der Waals surface area contributed by atoms with Crippen LogP contribution in [0.15, 0.2) is 28.7 Å². The fourth-order valence-corrected chi connectivity index (χ4v) is 3.95. The normalized spacial score (nSPS) is 11.6. The molecule has 0 saturated carbocycles. The summed E-state index contributed by atoms with van der Waals surface area (Å²) in [5.74, 6) is -0.402. The Bertz CT molecular complexity index is 992. The Balaban J connectivity index is 1.80. The maximum absolute atomic E-state index is 14.7. The Kier molecular flexibility index (Phi) is 3.50. The Labute approximate surface area is 138 Å². The first-order chi connectivity index (χ1) is 11.2. The van der Waals surface area contributed by atoms with Crippen LogP contribution in [-0.4, -0.2) is 26.2 Å². The van der Waals surface area contributed by atoms with Crippen LogP contribution >= 0.6 is 23.1 Å². The third-order valence-corrected chi connectivity index (χ3v) is 5.49. The highest BCUT2D eigenvalue weighted by atomic mass is 32.2. The Morgan fingerprint density at radius 1 is 1.30 bits per heavy atom. The molecule has 4 aromatic rings. The van der Waals surface area contributed by atoms with E-state index in [0.29, 0.717) is 15.8 Å². The van der Waals surface area contributed by atoms with Gasteiger partial charge in [0, 0.05) is 12.6 Å². The summed E-state index contributed by atoms with van der Waals surface area (Å²) >= 11 is 2.53. The average molecular weight is 348 g/mol. The number of aromatic nitrogens is 4. The number of thiazole rings is 1. The fraction of sp³-hybridized carbons (Fsp3) is 0.133. The summed E-state index contributed by atoms with van der Waals surface area (Å²) in [6, 6.07) is 4.83. The van der Waals surface area contributed by atoms with Gasteiger partial charge in [0.25, 0.3) is 0 Å². The first kappa shape index (κ1) is 14.5. The number of halogens is 2. The van der Waals surface area contributed by atoms with Crippen molar-refractivity contribution in [3.05, 3.63) is 47.4 Å². The zero-order valence-electron chi connectivity index (χ0n) is 11.9. The van der Waals surface area contributed by atoms with Gasteiger partial charge in [-0.25, -0.2) is 23.7 Å². The molecule has 0 spiro atoms. The van der Waals surface area contributed by atoms with Crippen LogP contribution in [0.3, 0.4) is 0 Å². The van der Waals surface area contributed by atoms with Gasteiger partial charge in [-0.1, -0.05) is 11.8 Å². The van der Waals surface area contributed by atoms with Crippen molar-refractivity contribution in [1.29, 1.82) is 0 Å². The zero-order chi connectivity index (χ0) is 16.0. The number of rotatable bonds is 3. The van der Waals surface area contributed by atoms with E-state index >= 15 is 0 Å². The first-order valence-electron chi connectivity index (χ1n) is 6.76. The number of nitrogens with zero attached hydrogens (tertiary/aromatic N) is 3. The Morgan fingerprint density at radius 2 is 2.17 bits per heavy atom. The number of pyridine rings is 1. The second-order valence-electron chi connectivity index (χ2n) is 4.93. The Morgan fingerprint density at radius 3 is 2.96 bits per heavy atom. The Hall–Kier alpha value is -2.06. The smallest absolute Gasteiger partial charge is 0.177 e. The number of nitrogens with one attached hydrogen (secondary N) is 1. The zero-order valence-corrected chi connectivity index (χ0v) is 13.6. The lowest BCUT2D eigenvalue weighted by molar-refractivity contribution is 0.604. The van der Waals surface area contributed by atoms with Crippen molar-refractivity contribution in [3.8, 4) is 0 Å². The SMILES string of the molecule is CSc1nc2c(F)cc(Cc3nc4ncccc4[nH]3)c(F)c2s1. The molecule has 0 aliphatic rings. The molecule has 23 heavy (non-hydrogen) atoms. The molecule has 0 aliphatic carbocycles. The van der Waals surface area contributed by atoms with Crippen molar-refractivity contribution in [3.63, 3.8) is 0 Å². The molecule has 0 bridgehead atoms. The summed E-state index contributed by atoms with van der Waals surface area (Å²) in [5.41, 5.74) is 1.68. The number of thioether (sulfide) groups is 1. The lowest BCUT2D eigenvalue weighted by Gasteiger charge is -2.02. The van der Waals surface area contributed by atoms with E-state index in [4.69, 9.17) is 0 Å². The second kappa shape index (κ2) is 5.54. The van der Waals surface area contributed by atoms with Crippen LogP contribution in [0.5, 0.6) is 0 Å². The highest BCUT2D eigenvalue weighted by molar-refractivity contribution is 8.00. The molecular weight excluding hydrogens is 338 g/mol. The van der Waals surface area contributed by atoms with Gasteiger partial charge in [0.2, 0.25) is 0 Å². The van der Waals surface area contributed by atoms with E-state index in [1.807, 2.05) is 12.3 Å². The number of fused-ring (bicyclic) bond motifs is 2. The predicted molar refractivity (Wildman–Crippen MR) is 88.0 cm³/mol. The number of benzene rings is 1. The molecule has 0 unspecified atom stereocenters.